The van der Waals surface area contributed by atoms with Gasteiger partial charge in [0.05, 0.1) is 16.8 Å². The van der Waals surface area contributed by atoms with Crippen LogP contribution in [0.2, 0.25) is 0 Å². The zero-order chi connectivity index (χ0) is 14.5. The van der Waals surface area contributed by atoms with Crippen LogP contribution in [0.3, 0.4) is 0 Å². The van der Waals surface area contributed by atoms with Crippen LogP contribution in [-0.2, 0) is 17.1 Å². The van der Waals surface area contributed by atoms with Crippen molar-refractivity contribution < 1.29 is 4.79 Å². The molecule has 5 heteroatoms. The van der Waals surface area contributed by atoms with Crippen molar-refractivity contribution in [2.75, 3.05) is 12.8 Å². The van der Waals surface area contributed by atoms with E-state index < -0.39 is 0 Å². The molecule has 0 aliphatic rings. The molecule has 0 unspecified atom stereocenters. The van der Waals surface area contributed by atoms with E-state index >= 15 is 0 Å². The summed E-state index contributed by atoms with van der Waals surface area (Å²) in [5.74, 6) is 2.28. The molecule has 20 heavy (non-hydrogen) atoms. The summed E-state index contributed by atoms with van der Waals surface area (Å²) in [6.07, 6.45) is 2.04. The van der Waals surface area contributed by atoms with Crippen molar-refractivity contribution in [1.29, 1.82) is 0 Å². The molecule has 1 N–H and O–H groups in total. The molecule has 0 spiro atoms. The summed E-state index contributed by atoms with van der Waals surface area (Å²) < 4.78 is 2.02. The molecule has 0 saturated carbocycles. The molecule has 0 fully saturated rings. The van der Waals surface area contributed by atoms with Crippen LogP contribution in [0, 0.1) is 5.92 Å². The number of thioether (sulfide) groups is 1. The second-order valence-electron chi connectivity index (χ2n) is 5.23. The minimum absolute atomic E-state index is 0.0456. The number of para-hydroxylation sites is 2. The van der Waals surface area contributed by atoms with Gasteiger partial charge in [-0.25, -0.2) is 4.98 Å². The van der Waals surface area contributed by atoms with Crippen LogP contribution in [0.15, 0.2) is 24.3 Å². The number of fused-ring (bicyclic) bond motifs is 1. The first kappa shape index (κ1) is 14.9. The summed E-state index contributed by atoms with van der Waals surface area (Å²) in [6, 6.07) is 7.96. The van der Waals surface area contributed by atoms with E-state index in [1.54, 1.807) is 11.8 Å². The Morgan fingerprint density at radius 2 is 2.15 bits per heavy atom. The normalized spacial score (nSPS) is 11.2. The van der Waals surface area contributed by atoms with Gasteiger partial charge in [-0.1, -0.05) is 26.0 Å². The van der Waals surface area contributed by atoms with E-state index in [2.05, 4.69) is 24.1 Å². The monoisotopic (exact) mass is 291 g/mol. The Balaban J connectivity index is 2.22. The first-order valence-corrected chi connectivity index (χ1v) is 8.21. The van der Waals surface area contributed by atoms with E-state index in [1.165, 1.54) is 0 Å². The predicted octanol–water partition coefficient (Wildman–Crippen LogP) is 2.67. The highest BCUT2D eigenvalue weighted by atomic mass is 32.2. The second kappa shape index (κ2) is 6.79. The van der Waals surface area contributed by atoms with Crippen LogP contribution in [0.4, 0.5) is 0 Å². The van der Waals surface area contributed by atoms with Crippen molar-refractivity contribution in [3.63, 3.8) is 0 Å². The lowest BCUT2D eigenvalue weighted by atomic mass is 10.2. The molecule has 0 radical (unpaired) electrons. The molecule has 1 aromatic carbocycles. The maximum Gasteiger partial charge on any atom is 0.240 e. The summed E-state index contributed by atoms with van der Waals surface area (Å²) in [5, 5.41) is 2.96. The first-order chi connectivity index (χ1) is 9.61. The molecule has 0 atom stereocenters. The number of hydrogen-bond acceptors (Lipinski definition) is 3. The number of aromatic nitrogens is 2. The largest absolute Gasteiger partial charge is 0.354 e. The van der Waals surface area contributed by atoms with Gasteiger partial charge < -0.3 is 9.88 Å². The number of rotatable bonds is 6. The van der Waals surface area contributed by atoms with Crippen molar-refractivity contribution in [2.24, 2.45) is 5.92 Å². The molecular formula is C15H21N3OS. The van der Waals surface area contributed by atoms with Gasteiger partial charge in [0.1, 0.15) is 12.4 Å². The van der Waals surface area contributed by atoms with Gasteiger partial charge in [0.15, 0.2) is 0 Å². The topological polar surface area (TPSA) is 46.9 Å². The second-order valence-corrected chi connectivity index (χ2v) is 6.10. The van der Waals surface area contributed by atoms with E-state index in [0.717, 1.165) is 22.6 Å². The summed E-state index contributed by atoms with van der Waals surface area (Å²) in [4.78, 5) is 16.7. The summed E-state index contributed by atoms with van der Waals surface area (Å²) in [5.41, 5.74) is 1.98. The van der Waals surface area contributed by atoms with E-state index in [-0.39, 0.29) is 5.91 Å². The van der Waals surface area contributed by atoms with Crippen LogP contribution < -0.4 is 5.32 Å². The van der Waals surface area contributed by atoms with Crippen LogP contribution >= 0.6 is 11.8 Å². The highest BCUT2D eigenvalue weighted by Crippen LogP contribution is 2.18. The maximum absolute atomic E-state index is 12.0. The number of benzene rings is 1. The number of hydrogen-bond donors (Lipinski definition) is 1. The zero-order valence-electron chi connectivity index (χ0n) is 12.2. The quantitative estimate of drug-likeness (QED) is 0.890. The highest BCUT2D eigenvalue weighted by molar-refractivity contribution is 7.97. The van der Waals surface area contributed by atoms with Gasteiger partial charge in [0.25, 0.3) is 0 Å². The van der Waals surface area contributed by atoms with Crippen molar-refractivity contribution in [3.8, 4) is 0 Å². The van der Waals surface area contributed by atoms with Crippen molar-refractivity contribution in [2.45, 2.75) is 26.1 Å². The maximum atomic E-state index is 12.0. The molecule has 108 valence electrons. The number of imidazole rings is 1. The third kappa shape index (κ3) is 3.54. The first-order valence-electron chi connectivity index (χ1n) is 6.81. The molecule has 0 bridgehead atoms. The smallest absolute Gasteiger partial charge is 0.240 e. The van der Waals surface area contributed by atoms with E-state index in [4.69, 9.17) is 0 Å². The molecular weight excluding hydrogens is 270 g/mol. The van der Waals surface area contributed by atoms with Crippen molar-refractivity contribution in [1.82, 2.24) is 14.9 Å². The molecule has 1 aromatic heterocycles. The summed E-state index contributed by atoms with van der Waals surface area (Å²) >= 11 is 1.71. The molecule has 0 aliphatic heterocycles. The zero-order valence-corrected chi connectivity index (χ0v) is 13.0. The molecule has 4 nitrogen and oxygen atoms in total. The standard InChI is InChI=1S/C15H21N3OS/c1-11(2)8-16-15(19)9-18-13-7-5-4-6-12(13)17-14(18)10-20-3/h4-7,11H,8-10H2,1-3H3,(H,16,19). The highest BCUT2D eigenvalue weighted by Gasteiger charge is 2.13. The Kier molecular flexibility index (Phi) is 5.06. The average molecular weight is 291 g/mol. The van der Waals surface area contributed by atoms with Gasteiger partial charge in [-0.2, -0.15) is 11.8 Å². The Bertz CT molecular complexity index is 592. The Morgan fingerprint density at radius 1 is 1.40 bits per heavy atom. The SMILES string of the molecule is CSCc1nc2ccccc2n1CC(=O)NCC(C)C. The summed E-state index contributed by atoms with van der Waals surface area (Å²) in [6.45, 7) is 5.23. The van der Waals surface area contributed by atoms with Crippen molar-refractivity contribution >= 4 is 28.7 Å². The van der Waals surface area contributed by atoms with Crippen LogP contribution in [-0.4, -0.2) is 28.3 Å². The van der Waals surface area contributed by atoms with Gasteiger partial charge in [-0.05, 0) is 24.3 Å². The molecule has 2 rings (SSSR count). The molecule has 2 aromatic rings. The van der Waals surface area contributed by atoms with Crippen LogP contribution in [0.5, 0.6) is 0 Å². The average Bonchev–Trinajstić information content (AvgIpc) is 2.75. The molecule has 0 aliphatic carbocycles. The van der Waals surface area contributed by atoms with Crippen LogP contribution in [0.1, 0.15) is 19.7 Å². The lowest BCUT2D eigenvalue weighted by Crippen LogP contribution is -2.31. The molecule has 1 heterocycles. The third-order valence-corrected chi connectivity index (χ3v) is 3.56. The lowest BCUT2D eigenvalue weighted by Gasteiger charge is -2.10. The fourth-order valence-electron chi connectivity index (χ4n) is 2.06. The fraction of sp³-hybridized carbons (Fsp3) is 0.467. The minimum Gasteiger partial charge on any atom is -0.354 e. The van der Waals surface area contributed by atoms with Gasteiger partial charge in [0.2, 0.25) is 5.91 Å². The van der Waals surface area contributed by atoms with E-state index in [0.29, 0.717) is 19.0 Å². The number of carbonyl (C=O) groups is 1. The Hall–Kier alpha value is -1.49. The van der Waals surface area contributed by atoms with Crippen LogP contribution in [0.25, 0.3) is 11.0 Å². The Morgan fingerprint density at radius 3 is 2.85 bits per heavy atom. The minimum atomic E-state index is 0.0456. The number of amides is 1. The van der Waals surface area contributed by atoms with Crippen molar-refractivity contribution in [3.05, 3.63) is 30.1 Å². The Labute approximate surface area is 124 Å². The van der Waals surface area contributed by atoms with E-state index in [9.17, 15) is 4.79 Å². The predicted molar refractivity (Wildman–Crippen MR) is 84.8 cm³/mol. The van der Waals surface area contributed by atoms with Gasteiger partial charge in [-0.3, -0.25) is 4.79 Å². The van der Waals surface area contributed by atoms with Gasteiger partial charge in [-0.15, -0.1) is 0 Å². The van der Waals surface area contributed by atoms with E-state index in [1.807, 2.05) is 35.1 Å². The van der Waals surface area contributed by atoms with Gasteiger partial charge >= 0.3 is 0 Å². The molecule has 1 amide bonds. The number of nitrogens with one attached hydrogen (secondary N) is 1. The lowest BCUT2D eigenvalue weighted by molar-refractivity contribution is -0.121. The van der Waals surface area contributed by atoms with Gasteiger partial charge in [0, 0.05) is 6.54 Å². The number of nitrogens with zero attached hydrogens (tertiary/aromatic N) is 2. The molecule has 0 saturated heterocycles. The fourth-order valence-corrected chi connectivity index (χ4v) is 2.54. The number of carbonyl (C=O) groups excluding carboxylic acids is 1. The summed E-state index contributed by atoms with van der Waals surface area (Å²) in [7, 11) is 0. The third-order valence-electron chi connectivity index (χ3n) is 3.02.